The molecule has 2 fully saturated rings. The van der Waals surface area contributed by atoms with Crippen LogP contribution in [0.5, 0.6) is 0 Å². The van der Waals surface area contributed by atoms with Gasteiger partial charge in [-0.3, -0.25) is 24.0 Å². The van der Waals surface area contributed by atoms with Gasteiger partial charge in [0.1, 0.15) is 11.5 Å². The van der Waals surface area contributed by atoms with Gasteiger partial charge in [0, 0.05) is 36.1 Å². The lowest BCUT2D eigenvalue weighted by Crippen LogP contribution is -2.52. The number of rotatable bonds is 12. The number of para-hydroxylation sites is 1. The molecule has 2 amide bonds. The predicted octanol–water partition coefficient (Wildman–Crippen LogP) is 4.93. The zero-order valence-electron chi connectivity index (χ0n) is 24.4. The van der Waals surface area contributed by atoms with Crippen LogP contribution in [-0.2, 0) is 25.6 Å². The van der Waals surface area contributed by atoms with Crippen molar-refractivity contribution in [2.24, 2.45) is 11.8 Å². The maximum atomic E-state index is 13.9. The average Bonchev–Trinajstić information content (AvgIpc) is 3.44. The maximum absolute atomic E-state index is 13.9. The highest BCUT2D eigenvalue weighted by Crippen LogP contribution is 2.27. The third-order valence-electron chi connectivity index (χ3n) is 8.76. The highest BCUT2D eigenvalue weighted by Gasteiger charge is 2.36. The van der Waals surface area contributed by atoms with Gasteiger partial charge in [-0.05, 0) is 56.2 Å². The van der Waals surface area contributed by atoms with Gasteiger partial charge in [-0.1, -0.05) is 73.9 Å². The second-order valence-corrected chi connectivity index (χ2v) is 11.9. The molecule has 0 aliphatic heterocycles. The summed E-state index contributed by atoms with van der Waals surface area (Å²) in [5, 5.41) is 6.58. The molecule has 0 saturated heterocycles. The second-order valence-electron chi connectivity index (χ2n) is 11.9. The number of carbonyl (C=O) groups is 5. The van der Waals surface area contributed by atoms with E-state index in [1.165, 1.54) is 0 Å². The summed E-state index contributed by atoms with van der Waals surface area (Å²) in [7, 11) is 0. The van der Waals surface area contributed by atoms with Crippen molar-refractivity contribution in [1.29, 1.82) is 0 Å². The van der Waals surface area contributed by atoms with Crippen LogP contribution >= 0.6 is 0 Å². The molecule has 2 aliphatic rings. The minimum Gasteiger partial charge on any atom is -0.347 e. The number of pyridine rings is 1. The summed E-state index contributed by atoms with van der Waals surface area (Å²) < 4.78 is 0. The fourth-order valence-electron chi connectivity index (χ4n) is 6.31. The molecule has 8 nitrogen and oxygen atoms in total. The Labute approximate surface area is 252 Å². The molecule has 0 spiro atoms. The Morgan fingerprint density at radius 1 is 0.837 bits per heavy atom. The van der Waals surface area contributed by atoms with Crippen molar-refractivity contribution in [3.63, 3.8) is 0 Å². The lowest BCUT2D eigenvalue weighted by Gasteiger charge is -2.26. The third kappa shape index (κ3) is 8.00. The van der Waals surface area contributed by atoms with Crippen LogP contribution in [0.15, 0.2) is 66.7 Å². The first-order chi connectivity index (χ1) is 20.9. The van der Waals surface area contributed by atoms with E-state index in [4.69, 9.17) is 0 Å². The first-order valence-electron chi connectivity index (χ1n) is 15.5. The van der Waals surface area contributed by atoms with Gasteiger partial charge in [0.15, 0.2) is 5.78 Å². The summed E-state index contributed by atoms with van der Waals surface area (Å²) in [6, 6.07) is 19.2. The van der Waals surface area contributed by atoms with Crippen molar-refractivity contribution in [3.05, 3.63) is 78.0 Å². The molecule has 43 heavy (non-hydrogen) atoms. The molecule has 0 bridgehead atoms. The Hall–Kier alpha value is -4.20. The minimum absolute atomic E-state index is 0.0538. The summed E-state index contributed by atoms with van der Waals surface area (Å²) in [5.41, 5.74) is 1.82. The summed E-state index contributed by atoms with van der Waals surface area (Å²) in [6.45, 7) is 0. The highest BCUT2D eigenvalue weighted by atomic mass is 16.2. The van der Waals surface area contributed by atoms with Gasteiger partial charge in [-0.25, -0.2) is 4.98 Å². The summed E-state index contributed by atoms with van der Waals surface area (Å²) in [4.78, 5) is 70.9. The number of hydrogen-bond donors (Lipinski definition) is 2. The molecule has 2 aliphatic carbocycles. The van der Waals surface area contributed by atoms with Crippen molar-refractivity contribution < 1.29 is 24.0 Å². The van der Waals surface area contributed by atoms with Gasteiger partial charge in [-0.2, -0.15) is 0 Å². The number of carbonyl (C=O) groups excluding carboxylic acids is 5. The Balaban J connectivity index is 1.35. The van der Waals surface area contributed by atoms with Crippen LogP contribution in [0, 0.1) is 11.8 Å². The number of Topliss-reactive ketones (excluding diaryl/α,β-unsaturated/α-hetero) is 3. The molecule has 3 atom stereocenters. The molecule has 3 aromatic rings. The molecule has 5 rings (SSSR count). The van der Waals surface area contributed by atoms with Gasteiger partial charge in [0.2, 0.25) is 11.7 Å². The average molecular weight is 582 g/mol. The fourth-order valence-corrected chi connectivity index (χ4v) is 6.31. The van der Waals surface area contributed by atoms with Gasteiger partial charge in [0.05, 0.1) is 11.6 Å². The molecule has 224 valence electrons. The van der Waals surface area contributed by atoms with E-state index in [0.717, 1.165) is 49.5 Å². The van der Waals surface area contributed by atoms with Crippen LogP contribution < -0.4 is 10.6 Å². The van der Waals surface area contributed by atoms with Gasteiger partial charge in [-0.15, -0.1) is 0 Å². The van der Waals surface area contributed by atoms with E-state index in [0.29, 0.717) is 18.4 Å². The topological polar surface area (TPSA) is 122 Å². The Morgan fingerprint density at radius 2 is 1.58 bits per heavy atom. The third-order valence-corrected chi connectivity index (χ3v) is 8.76. The first-order valence-corrected chi connectivity index (χ1v) is 15.5. The Morgan fingerprint density at radius 3 is 2.33 bits per heavy atom. The monoisotopic (exact) mass is 581 g/mol. The first kappa shape index (κ1) is 30.3. The van der Waals surface area contributed by atoms with Gasteiger partial charge < -0.3 is 10.6 Å². The minimum atomic E-state index is -1.14. The van der Waals surface area contributed by atoms with Crippen LogP contribution in [0.1, 0.15) is 80.3 Å². The number of benzene rings is 2. The largest absolute Gasteiger partial charge is 0.347 e. The SMILES string of the molecule is O=C(NC1CCCCC1)C(=O)[C@H](C[C@@H]1CCCC1=O)NC(=O)[C@@H](CC(=O)c1ccc2ccccc2n1)Cc1ccccc1. The van der Waals surface area contributed by atoms with Crippen LogP contribution in [0.25, 0.3) is 10.9 Å². The number of ketones is 3. The molecular weight excluding hydrogens is 542 g/mol. The van der Waals surface area contributed by atoms with Crippen molar-refractivity contribution in [2.45, 2.75) is 82.7 Å². The Kier molecular flexibility index (Phi) is 10.1. The number of fused-ring (bicyclic) bond motifs is 1. The number of hydrogen-bond acceptors (Lipinski definition) is 6. The van der Waals surface area contributed by atoms with E-state index in [9.17, 15) is 24.0 Å². The molecule has 2 N–H and O–H groups in total. The van der Waals surface area contributed by atoms with E-state index >= 15 is 0 Å². The molecule has 2 saturated carbocycles. The van der Waals surface area contributed by atoms with E-state index in [1.807, 2.05) is 60.7 Å². The number of aromatic nitrogens is 1. The van der Waals surface area contributed by atoms with Crippen molar-refractivity contribution in [2.75, 3.05) is 0 Å². The quantitative estimate of drug-likeness (QED) is 0.231. The van der Waals surface area contributed by atoms with E-state index in [1.54, 1.807) is 6.07 Å². The number of nitrogens with one attached hydrogen (secondary N) is 2. The molecule has 2 aromatic carbocycles. The van der Waals surface area contributed by atoms with E-state index in [-0.39, 0.29) is 48.5 Å². The van der Waals surface area contributed by atoms with Gasteiger partial charge in [0.25, 0.3) is 5.91 Å². The zero-order chi connectivity index (χ0) is 30.2. The summed E-state index contributed by atoms with van der Waals surface area (Å²) >= 11 is 0. The van der Waals surface area contributed by atoms with Gasteiger partial charge >= 0.3 is 0 Å². The van der Waals surface area contributed by atoms with Crippen molar-refractivity contribution >= 4 is 40.1 Å². The summed E-state index contributed by atoms with van der Waals surface area (Å²) in [6.07, 6.45) is 6.78. The van der Waals surface area contributed by atoms with Crippen LogP contribution in [0.4, 0.5) is 0 Å². The number of nitrogens with zero attached hydrogens (tertiary/aromatic N) is 1. The molecular formula is C35H39N3O5. The van der Waals surface area contributed by atoms with Crippen LogP contribution in [-0.4, -0.2) is 46.2 Å². The van der Waals surface area contributed by atoms with E-state index < -0.39 is 29.6 Å². The maximum Gasteiger partial charge on any atom is 0.289 e. The molecule has 1 heterocycles. The van der Waals surface area contributed by atoms with E-state index in [2.05, 4.69) is 15.6 Å². The highest BCUT2D eigenvalue weighted by molar-refractivity contribution is 6.38. The van der Waals surface area contributed by atoms with Crippen molar-refractivity contribution in [1.82, 2.24) is 15.6 Å². The molecule has 1 aromatic heterocycles. The lowest BCUT2D eigenvalue weighted by atomic mass is 9.90. The Bertz CT molecular complexity index is 1480. The molecule has 0 radical (unpaired) electrons. The standard InChI is InChI=1S/C35H39N3O5/c39-31-17-9-13-25(31)21-30(33(41)35(43)36-27-14-5-2-6-15-27)38-34(42)26(20-23-10-3-1-4-11-23)22-32(40)29-19-18-24-12-7-8-16-28(24)37-29/h1,3-4,7-8,10-12,16,18-19,25-27,30H,2,5-6,9,13-15,17,20-22H2,(H,36,43)(H,38,42)/t25-,26+,30-/m0/s1. The van der Waals surface area contributed by atoms with Crippen LogP contribution in [0.2, 0.25) is 0 Å². The molecule has 8 heteroatoms. The second kappa shape index (κ2) is 14.3. The van der Waals surface area contributed by atoms with Crippen molar-refractivity contribution in [3.8, 4) is 0 Å². The predicted molar refractivity (Wildman–Crippen MR) is 163 cm³/mol. The zero-order valence-corrected chi connectivity index (χ0v) is 24.4. The molecule has 0 unspecified atom stereocenters. The normalized spacial score (nSPS) is 18.6. The summed E-state index contributed by atoms with van der Waals surface area (Å²) in [5.74, 6) is -3.37. The smallest absolute Gasteiger partial charge is 0.289 e. The lowest BCUT2D eigenvalue weighted by molar-refractivity contribution is -0.141. The van der Waals surface area contributed by atoms with Crippen LogP contribution in [0.3, 0.4) is 0 Å². The number of amides is 2. The fraction of sp³-hybridized carbons (Fsp3) is 0.429.